The third-order valence-corrected chi connectivity index (χ3v) is 6.95. The summed E-state index contributed by atoms with van der Waals surface area (Å²) in [7, 11) is 0. The van der Waals surface area contributed by atoms with Gasteiger partial charge in [-0.05, 0) is 55.4 Å². The van der Waals surface area contributed by atoms with E-state index >= 15 is 0 Å². The number of likely N-dealkylation sites (tertiary alicyclic amines) is 1. The van der Waals surface area contributed by atoms with Gasteiger partial charge in [0.05, 0.1) is 16.2 Å². The normalized spacial score (nSPS) is 20.7. The molecule has 3 N–H and O–H groups in total. The molecule has 2 heterocycles. The van der Waals surface area contributed by atoms with E-state index in [4.69, 9.17) is 23.2 Å². The number of H-pyrrole nitrogens is 1. The molecule has 3 atom stereocenters. The smallest absolute Gasteiger partial charge is 0.246 e. The predicted molar refractivity (Wildman–Crippen MR) is 120 cm³/mol. The number of aromatic nitrogens is 2. The van der Waals surface area contributed by atoms with Crippen LogP contribution in [0.4, 0.5) is 4.79 Å². The first kappa shape index (κ1) is 23.4. The molecule has 2 aromatic rings. The Morgan fingerprint density at radius 3 is 2.82 bits per heavy atom. The van der Waals surface area contributed by atoms with Crippen LogP contribution in [0.25, 0.3) is 0 Å². The minimum absolute atomic E-state index is 0.0338. The second kappa shape index (κ2) is 10.0. The Labute approximate surface area is 200 Å². The maximum Gasteiger partial charge on any atom is 0.246 e. The lowest BCUT2D eigenvalue weighted by Gasteiger charge is -2.31. The number of amides is 3. The number of rotatable bonds is 6. The molecule has 1 aliphatic carbocycles. The van der Waals surface area contributed by atoms with Crippen LogP contribution in [0.5, 0.6) is 0 Å². The zero-order chi connectivity index (χ0) is 23.5. The minimum Gasteiger partial charge on any atom is -0.530 e. The molecule has 176 valence electrons. The average Bonchev–Trinajstić information content (AvgIpc) is 3.44. The summed E-state index contributed by atoms with van der Waals surface area (Å²) in [6.45, 7) is 0.375. The molecule has 0 saturated carbocycles. The van der Waals surface area contributed by atoms with E-state index in [1.54, 1.807) is 24.4 Å². The van der Waals surface area contributed by atoms with Crippen LogP contribution in [0.3, 0.4) is 0 Å². The van der Waals surface area contributed by atoms with Gasteiger partial charge in [0.1, 0.15) is 18.2 Å². The molecule has 1 fully saturated rings. The SMILES string of the molecule is O=C([O-])N[C@H](Cc1ccc(Cl)c(Cl)c1)C(=O)N1CCC[C@H]1C(=O)NC1CCc2[nH]ncc2C1. The van der Waals surface area contributed by atoms with Crippen LogP contribution in [0, 0.1) is 0 Å². The molecule has 1 aliphatic heterocycles. The molecule has 33 heavy (non-hydrogen) atoms. The number of aryl methyl sites for hydroxylation is 1. The summed E-state index contributed by atoms with van der Waals surface area (Å²) < 4.78 is 0. The second-order valence-electron chi connectivity index (χ2n) is 8.45. The largest absolute Gasteiger partial charge is 0.530 e. The number of halogens is 2. The topological polar surface area (TPSA) is 130 Å². The van der Waals surface area contributed by atoms with Gasteiger partial charge >= 0.3 is 0 Å². The number of nitrogens with one attached hydrogen (secondary N) is 3. The molecular weight excluding hydrogens is 469 g/mol. The Balaban J connectivity index is 1.44. The Hall–Kier alpha value is -2.78. The first-order chi connectivity index (χ1) is 15.8. The number of benzene rings is 1. The average molecular weight is 493 g/mol. The molecule has 1 unspecified atom stereocenters. The first-order valence-corrected chi connectivity index (χ1v) is 11.6. The maximum absolute atomic E-state index is 13.3. The highest BCUT2D eigenvalue weighted by molar-refractivity contribution is 6.42. The number of carbonyl (C=O) groups excluding carboxylic acids is 3. The highest BCUT2D eigenvalue weighted by Crippen LogP contribution is 2.25. The van der Waals surface area contributed by atoms with Crippen LogP contribution >= 0.6 is 23.2 Å². The number of aromatic amines is 1. The third-order valence-electron chi connectivity index (χ3n) is 6.22. The van der Waals surface area contributed by atoms with Crippen LogP contribution in [0.2, 0.25) is 10.0 Å². The van der Waals surface area contributed by atoms with Gasteiger partial charge in [-0.15, -0.1) is 0 Å². The molecule has 1 saturated heterocycles. The van der Waals surface area contributed by atoms with Gasteiger partial charge in [-0.2, -0.15) is 5.10 Å². The molecule has 1 aromatic heterocycles. The minimum atomic E-state index is -1.56. The van der Waals surface area contributed by atoms with Crippen LogP contribution in [0.1, 0.15) is 36.1 Å². The summed E-state index contributed by atoms with van der Waals surface area (Å²) in [6, 6.07) is 3.05. The summed E-state index contributed by atoms with van der Waals surface area (Å²) in [5, 5.41) is 24.2. The van der Waals surface area contributed by atoms with Crippen molar-refractivity contribution in [1.29, 1.82) is 0 Å². The van der Waals surface area contributed by atoms with E-state index in [1.165, 1.54) is 4.90 Å². The van der Waals surface area contributed by atoms with Crippen molar-refractivity contribution in [3.63, 3.8) is 0 Å². The molecule has 2 aliphatic rings. The second-order valence-corrected chi connectivity index (χ2v) is 9.26. The molecule has 1 aromatic carbocycles. The van der Waals surface area contributed by atoms with Gasteiger partial charge in [-0.25, -0.2) is 0 Å². The number of carbonyl (C=O) groups is 3. The van der Waals surface area contributed by atoms with Gasteiger partial charge in [0.25, 0.3) is 0 Å². The van der Waals surface area contributed by atoms with Gasteiger partial charge in [-0.1, -0.05) is 29.3 Å². The van der Waals surface area contributed by atoms with Crippen molar-refractivity contribution in [1.82, 2.24) is 25.7 Å². The lowest BCUT2D eigenvalue weighted by molar-refractivity contribution is -0.251. The summed E-state index contributed by atoms with van der Waals surface area (Å²) in [5.74, 6) is -0.691. The van der Waals surface area contributed by atoms with Crippen molar-refractivity contribution in [3.8, 4) is 0 Å². The fourth-order valence-corrected chi connectivity index (χ4v) is 4.91. The number of fused-ring (bicyclic) bond motifs is 1. The summed E-state index contributed by atoms with van der Waals surface area (Å²) >= 11 is 12.0. The van der Waals surface area contributed by atoms with Crippen LogP contribution < -0.4 is 15.7 Å². The van der Waals surface area contributed by atoms with Gasteiger partial charge in [0.2, 0.25) is 11.8 Å². The highest BCUT2D eigenvalue weighted by Gasteiger charge is 2.38. The molecular formula is C22H24Cl2N5O4-. The highest BCUT2D eigenvalue weighted by atomic mass is 35.5. The number of hydrogen-bond acceptors (Lipinski definition) is 5. The Morgan fingerprint density at radius 1 is 1.24 bits per heavy atom. The lowest BCUT2D eigenvalue weighted by Crippen LogP contribution is -2.57. The Kier molecular flexibility index (Phi) is 7.09. The van der Waals surface area contributed by atoms with E-state index in [1.807, 2.05) is 0 Å². The summed E-state index contributed by atoms with van der Waals surface area (Å²) in [4.78, 5) is 39.1. The summed E-state index contributed by atoms with van der Waals surface area (Å²) in [5.41, 5.74) is 2.82. The number of hydrogen-bond donors (Lipinski definition) is 3. The Bertz CT molecular complexity index is 1060. The summed E-state index contributed by atoms with van der Waals surface area (Å²) in [6.07, 6.45) is 3.72. The van der Waals surface area contributed by atoms with Gasteiger partial charge in [-0.3, -0.25) is 14.7 Å². The zero-order valence-electron chi connectivity index (χ0n) is 17.8. The van der Waals surface area contributed by atoms with Gasteiger partial charge in [0.15, 0.2) is 0 Å². The van der Waals surface area contributed by atoms with Crippen molar-refractivity contribution < 1.29 is 19.5 Å². The first-order valence-electron chi connectivity index (χ1n) is 10.8. The van der Waals surface area contributed by atoms with Gasteiger partial charge < -0.3 is 25.4 Å². The molecule has 11 heteroatoms. The van der Waals surface area contributed by atoms with E-state index in [-0.39, 0.29) is 18.4 Å². The molecule has 9 nitrogen and oxygen atoms in total. The van der Waals surface area contributed by atoms with E-state index in [0.717, 1.165) is 24.1 Å². The molecule has 0 bridgehead atoms. The van der Waals surface area contributed by atoms with Crippen molar-refractivity contribution in [2.45, 2.75) is 56.7 Å². The van der Waals surface area contributed by atoms with Crippen LogP contribution in [-0.4, -0.2) is 57.7 Å². The molecule has 4 rings (SSSR count). The van der Waals surface area contributed by atoms with Crippen LogP contribution in [-0.2, 0) is 28.9 Å². The lowest BCUT2D eigenvalue weighted by atomic mass is 9.93. The molecule has 0 radical (unpaired) electrons. The number of nitrogens with zero attached hydrogens (tertiary/aromatic N) is 2. The maximum atomic E-state index is 13.3. The van der Waals surface area contributed by atoms with E-state index in [9.17, 15) is 19.5 Å². The van der Waals surface area contributed by atoms with E-state index < -0.39 is 24.1 Å². The van der Waals surface area contributed by atoms with Crippen molar-refractivity contribution in [2.24, 2.45) is 0 Å². The molecule has 0 spiro atoms. The monoisotopic (exact) mass is 492 g/mol. The standard InChI is InChI=1S/C22H25Cl2N5O4/c23-15-5-3-12(8-16(15)24)9-18(27-22(32)33)21(31)29-7-1-2-19(29)20(30)26-14-4-6-17-13(10-14)11-25-28-17/h3,5,8,11,14,18-19,27H,1-2,4,6-7,9-10H2,(H,25,28)(H,26,30)(H,32,33)/p-1/t14?,18-,19+/m1/s1. The third kappa shape index (κ3) is 5.42. The Morgan fingerprint density at radius 2 is 2.06 bits per heavy atom. The predicted octanol–water partition coefficient (Wildman–Crippen LogP) is 1.23. The fourth-order valence-electron chi connectivity index (χ4n) is 4.58. The van der Waals surface area contributed by atoms with Crippen molar-refractivity contribution >= 4 is 41.1 Å². The zero-order valence-corrected chi connectivity index (χ0v) is 19.3. The van der Waals surface area contributed by atoms with Crippen LogP contribution in [0.15, 0.2) is 24.4 Å². The number of carboxylic acid groups (broad SMARTS) is 1. The quantitative estimate of drug-likeness (QED) is 0.557. The van der Waals surface area contributed by atoms with E-state index in [2.05, 4.69) is 20.8 Å². The van der Waals surface area contributed by atoms with Gasteiger partial charge in [0, 0.05) is 24.7 Å². The van der Waals surface area contributed by atoms with Crippen molar-refractivity contribution in [3.05, 3.63) is 51.3 Å². The molecule has 3 amide bonds. The van der Waals surface area contributed by atoms with E-state index in [0.29, 0.717) is 41.4 Å². The fraction of sp³-hybridized carbons (Fsp3) is 0.455. The van der Waals surface area contributed by atoms with Crippen molar-refractivity contribution in [2.75, 3.05) is 6.54 Å².